The Morgan fingerprint density at radius 3 is 2.29 bits per heavy atom. The van der Waals surface area contributed by atoms with Crippen molar-refractivity contribution < 1.29 is 4.79 Å². The molecule has 0 aliphatic heterocycles. The van der Waals surface area contributed by atoms with Gasteiger partial charge in [-0.3, -0.25) is 4.79 Å². The number of carbonyl (C=O) groups is 1. The number of hydrogen-bond acceptors (Lipinski definition) is 5. The first-order valence-corrected chi connectivity index (χ1v) is 8.11. The minimum atomic E-state index is -0.698. The molecule has 2 atom stereocenters. The number of nitrogens with two attached hydrogens (primary N) is 1. The van der Waals surface area contributed by atoms with Gasteiger partial charge in [0.1, 0.15) is 0 Å². The molecular weight excluding hydrogens is 284 g/mol. The number of carbonyl (C=O) groups excluding carboxylic acids is 1. The van der Waals surface area contributed by atoms with Crippen LogP contribution in [0.15, 0.2) is 5.16 Å². The van der Waals surface area contributed by atoms with Gasteiger partial charge in [0.25, 0.3) is 0 Å². The molecule has 0 aliphatic carbocycles. The normalized spacial score (nSPS) is 15.5. The smallest absolute Gasteiger partial charge is 0.237 e. The van der Waals surface area contributed by atoms with E-state index in [4.69, 9.17) is 5.73 Å². The minimum absolute atomic E-state index is 0.183. The Labute approximate surface area is 131 Å². The topological polar surface area (TPSA) is 80.9 Å². The highest BCUT2D eigenvalue weighted by molar-refractivity contribution is 7.99. The van der Waals surface area contributed by atoms with Crippen LogP contribution in [0, 0.1) is 20.8 Å². The second-order valence-corrected chi connectivity index (χ2v) is 7.07. The van der Waals surface area contributed by atoms with Crippen LogP contribution in [0.3, 0.4) is 0 Å². The zero-order valence-corrected chi connectivity index (χ0v) is 14.6. The van der Waals surface area contributed by atoms with Crippen LogP contribution in [0.2, 0.25) is 0 Å². The minimum Gasteiger partial charge on any atom is -0.368 e. The Kier molecular flexibility index (Phi) is 6.16. The van der Waals surface area contributed by atoms with Gasteiger partial charge < -0.3 is 11.1 Å². The summed E-state index contributed by atoms with van der Waals surface area (Å²) >= 11 is 1.58. The van der Waals surface area contributed by atoms with Crippen molar-refractivity contribution >= 4 is 17.7 Å². The van der Waals surface area contributed by atoms with Gasteiger partial charge in [-0.15, -0.1) is 0 Å². The number of likely N-dealkylation sites (N-methyl/N-ethyl adjacent to an activating group) is 1. The van der Waals surface area contributed by atoms with E-state index in [1.165, 1.54) is 0 Å². The van der Waals surface area contributed by atoms with Gasteiger partial charge in [-0.1, -0.05) is 25.6 Å². The number of aryl methyl sites for hydroxylation is 2. The van der Waals surface area contributed by atoms with Crippen LogP contribution in [0.4, 0.5) is 0 Å². The van der Waals surface area contributed by atoms with Gasteiger partial charge in [-0.25, -0.2) is 9.97 Å². The molecule has 2 unspecified atom stereocenters. The summed E-state index contributed by atoms with van der Waals surface area (Å²) in [7, 11) is 0. The third kappa shape index (κ3) is 4.68. The lowest BCUT2D eigenvalue weighted by molar-refractivity contribution is -0.124. The van der Waals surface area contributed by atoms with Crippen LogP contribution in [-0.2, 0) is 4.79 Å². The maximum atomic E-state index is 11.7. The molecule has 1 rings (SSSR count). The number of nitrogens with one attached hydrogen (secondary N) is 1. The zero-order valence-electron chi connectivity index (χ0n) is 13.8. The van der Waals surface area contributed by atoms with E-state index in [1.54, 1.807) is 11.8 Å². The van der Waals surface area contributed by atoms with E-state index < -0.39 is 5.54 Å². The number of rotatable bonds is 7. The highest BCUT2D eigenvalue weighted by Crippen LogP contribution is 2.27. The van der Waals surface area contributed by atoms with Gasteiger partial charge >= 0.3 is 0 Å². The van der Waals surface area contributed by atoms with Crippen molar-refractivity contribution in [1.29, 1.82) is 0 Å². The van der Waals surface area contributed by atoms with E-state index in [9.17, 15) is 4.79 Å². The second-order valence-electron chi connectivity index (χ2n) is 5.66. The van der Waals surface area contributed by atoms with Gasteiger partial charge in [-0.05, 0) is 46.2 Å². The van der Waals surface area contributed by atoms with Crippen molar-refractivity contribution in [3.05, 3.63) is 17.0 Å². The highest BCUT2D eigenvalue weighted by atomic mass is 32.2. The largest absolute Gasteiger partial charge is 0.368 e. The maximum Gasteiger partial charge on any atom is 0.237 e. The molecule has 3 N–H and O–H groups in total. The van der Waals surface area contributed by atoms with Gasteiger partial charge in [-0.2, -0.15) is 0 Å². The Bertz CT molecular complexity index is 497. The Hall–Kier alpha value is -1.14. The maximum absolute atomic E-state index is 11.7. The lowest BCUT2D eigenvalue weighted by Gasteiger charge is -2.29. The quantitative estimate of drug-likeness (QED) is 0.595. The van der Waals surface area contributed by atoms with E-state index in [2.05, 4.69) is 22.2 Å². The monoisotopic (exact) mass is 310 g/mol. The second kappa shape index (κ2) is 7.22. The molecule has 0 saturated heterocycles. The Morgan fingerprint density at radius 2 is 1.86 bits per heavy atom. The van der Waals surface area contributed by atoms with E-state index >= 15 is 0 Å². The number of aromatic nitrogens is 2. The highest BCUT2D eigenvalue weighted by Gasteiger charge is 2.32. The molecule has 5 nitrogen and oxygen atoms in total. The fourth-order valence-electron chi connectivity index (χ4n) is 2.24. The number of thioether (sulfide) groups is 1. The molecule has 0 fully saturated rings. The molecule has 0 aromatic carbocycles. The lowest BCUT2D eigenvalue weighted by atomic mass is 9.95. The van der Waals surface area contributed by atoms with E-state index in [-0.39, 0.29) is 11.2 Å². The predicted molar refractivity (Wildman–Crippen MR) is 87.5 cm³/mol. The van der Waals surface area contributed by atoms with Crippen molar-refractivity contribution in [2.45, 2.75) is 63.9 Å². The van der Waals surface area contributed by atoms with Gasteiger partial charge in [0, 0.05) is 16.6 Å². The molecular formula is C15H26N4OS. The summed E-state index contributed by atoms with van der Waals surface area (Å²) in [5, 5.41) is 4.12. The van der Waals surface area contributed by atoms with Gasteiger partial charge in [0.2, 0.25) is 5.91 Å². The van der Waals surface area contributed by atoms with Crippen LogP contribution in [0.25, 0.3) is 0 Å². The summed E-state index contributed by atoms with van der Waals surface area (Å²) in [4.78, 5) is 20.7. The first-order valence-electron chi connectivity index (χ1n) is 7.23. The van der Waals surface area contributed by atoms with E-state index in [0.717, 1.165) is 22.1 Å². The van der Waals surface area contributed by atoms with Crippen molar-refractivity contribution in [2.75, 3.05) is 6.54 Å². The number of primary amides is 1. The molecule has 1 aromatic rings. The predicted octanol–water partition coefficient (Wildman–Crippen LogP) is 2.13. The number of amides is 1. The average molecular weight is 310 g/mol. The molecule has 21 heavy (non-hydrogen) atoms. The third-order valence-electron chi connectivity index (χ3n) is 3.73. The molecule has 0 bridgehead atoms. The van der Waals surface area contributed by atoms with Crippen LogP contribution in [0.1, 0.15) is 44.1 Å². The SMILES string of the molecule is CCNC(C)(CC(C)Sc1nc(C)c(C)c(C)n1)C(N)=O. The fraction of sp³-hybridized carbons (Fsp3) is 0.667. The van der Waals surface area contributed by atoms with Crippen molar-refractivity contribution in [3.63, 3.8) is 0 Å². The number of nitrogens with zero attached hydrogens (tertiary/aromatic N) is 2. The molecule has 1 heterocycles. The van der Waals surface area contributed by atoms with Gasteiger partial charge in [0.15, 0.2) is 5.16 Å². The van der Waals surface area contributed by atoms with E-state index in [0.29, 0.717) is 13.0 Å². The molecule has 1 aromatic heterocycles. The van der Waals surface area contributed by atoms with Gasteiger partial charge in [0.05, 0.1) is 5.54 Å². The first kappa shape index (κ1) is 17.9. The van der Waals surface area contributed by atoms with E-state index in [1.807, 2.05) is 34.6 Å². The summed E-state index contributed by atoms with van der Waals surface area (Å²) in [5.74, 6) is -0.325. The Balaban J connectivity index is 2.81. The first-order chi connectivity index (χ1) is 9.69. The summed E-state index contributed by atoms with van der Waals surface area (Å²) in [6, 6.07) is 0. The van der Waals surface area contributed by atoms with Crippen LogP contribution in [0.5, 0.6) is 0 Å². The molecule has 118 valence electrons. The summed E-state index contributed by atoms with van der Waals surface area (Å²) in [5.41, 5.74) is 7.96. The molecule has 0 radical (unpaired) electrons. The molecule has 0 saturated carbocycles. The van der Waals surface area contributed by atoms with Crippen molar-refractivity contribution in [3.8, 4) is 0 Å². The molecule has 0 aliphatic rings. The van der Waals surface area contributed by atoms with Crippen molar-refractivity contribution in [2.24, 2.45) is 5.73 Å². The summed E-state index contributed by atoms with van der Waals surface area (Å²) in [6.45, 7) is 12.6. The standard InChI is InChI=1S/C15H26N4OS/c1-7-17-15(6,13(16)20)8-9(2)21-14-18-11(4)10(3)12(5)19-14/h9,17H,7-8H2,1-6H3,(H2,16,20). The Morgan fingerprint density at radius 1 is 1.33 bits per heavy atom. The number of hydrogen-bond donors (Lipinski definition) is 2. The fourth-order valence-corrected chi connectivity index (χ4v) is 3.40. The average Bonchev–Trinajstić information content (AvgIpc) is 2.35. The van der Waals surface area contributed by atoms with Crippen LogP contribution in [-0.4, -0.2) is 33.2 Å². The molecule has 6 heteroatoms. The van der Waals surface area contributed by atoms with Crippen LogP contribution >= 0.6 is 11.8 Å². The van der Waals surface area contributed by atoms with Crippen LogP contribution < -0.4 is 11.1 Å². The zero-order chi connectivity index (χ0) is 16.2. The molecule has 0 spiro atoms. The lowest BCUT2D eigenvalue weighted by Crippen LogP contribution is -2.54. The van der Waals surface area contributed by atoms with Crippen molar-refractivity contribution in [1.82, 2.24) is 15.3 Å². The third-order valence-corrected chi connectivity index (χ3v) is 4.69. The molecule has 1 amide bonds. The summed E-state index contributed by atoms with van der Waals surface area (Å²) < 4.78 is 0. The summed E-state index contributed by atoms with van der Waals surface area (Å²) in [6.07, 6.45) is 0.635.